The number of hydrogen-bond acceptors (Lipinski definition) is 4. The summed E-state index contributed by atoms with van der Waals surface area (Å²) in [4.78, 5) is 22.8. The first-order valence-electron chi connectivity index (χ1n) is 5.37. The second kappa shape index (κ2) is 3.41. The van der Waals surface area contributed by atoms with Crippen molar-refractivity contribution in [2.24, 2.45) is 7.05 Å². The number of aryl methyl sites for hydroxylation is 1. The molecule has 2 aromatic heterocycles. The molecule has 6 nitrogen and oxygen atoms in total. The van der Waals surface area contributed by atoms with Crippen LogP contribution in [-0.4, -0.2) is 32.6 Å². The summed E-state index contributed by atoms with van der Waals surface area (Å²) in [5, 5.41) is 3.30. The molecule has 0 amide bonds. The molecule has 6 heteroatoms. The molecular weight excluding hydrogens is 206 g/mol. The molecule has 0 saturated carbocycles. The minimum absolute atomic E-state index is 0.136. The van der Waals surface area contributed by atoms with Gasteiger partial charge in [-0.15, -0.1) is 0 Å². The number of nitrogens with zero attached hydrogens (tertiary/aromatic N) is 3. The third-order valence-electron chi connectivity index (χ3n) is 3.16. The van der Waals surface area contributed by atoms with Crippen LogP contribution >= 0.6 is 0 Å². The van der Waals surface area contributed by atoms with Gasteiger partial charge >= 0.3 is 5.69 Å². The lowest BCUT2D eigenvalue weighted by Crippen LogP contribution is -2.12. The van der Waals surface area contributed by atoms with Crippen molar-refractivity contribution in [3.63, 3.8) is 0 Å². The van der Waals surface area contributed by atoms with Gasteiger partial charge in [0.1, 0.15) is 11.8 Å². The molecule has 1 saturated heterocycles. The Balaban J connectivity index is 2.24. The lowest BCUT2D eigenvalue weighted by Gasteiger charge is -2.07. The van der Waals surface area contributed by atoms with Crippen LogP contribution in [-0.2, 0) is 7.05 Å². The number of nitrogens with one attached hydrogen (secondary N) is 2. The van der Waals surface area contributed by atoms with Crippen molar-refractivity contribution in [2.75, 3.05) is 13.1 Å². The summed E-state index contributed by atoms with van der Waals surface area (Å²) >= 11 is 0. The van der Waals surface area contributed by atoms with Crippen LogP contribution in [0.15, 0.2) is 11.1 Å². The standard InChI is InChI=1S/C10H13N5O/c1-15-9-8(14-10(15)16)7(12-5-13-9)6-2-3-11-4-6/h5-6,11H,2-4H2,1H3,(H,14,16). The van der Waals surface area contributed by atoms with Gasteiger partial charge in [-0.25, -0.2) is 14.8 Å². The van der Waals surface area contributed by atoms with E-state index in [-0.39, 0.29) is 5.69 Å². The molecule has 2 aromatic rings. The van der Waals surface area contributed by atoms with Crippen molar-refractivity contribution >= 4 is 11.2 Å². The minimum atomic E-state index is -0.136. The highest BCUT2D eigenvalue weighted by molar-refractivity contribution is 5.73. The summed E-state index contributed by atoms with van der Waals surface area (Å²) in [7, 11) is 1.71. The molecule has 3 heterocycles. The fourth-order valence-electron chi connectivity index (χ4n) is 2.25. The zero-order valence-corrected chi connectivity index (χ0v) is 9.03. The van der Waals surface area contributed by atoms with Gasteiger partial charge < -0.3 is 10.3 Å². The van der Waals surface area contributed by atoms with E-state index in [4.69, 9.17) is 0 Å². The highest BCUT2D eigenvalue weighted by atomic mass is 16.1. The van der Waals surface area contributed by atoms with Crippen LogP contribution in [0.5, 0.6) is 0 Å². The van der Waals surface area contributed by atoms with Crippen LogP contribution in [0.25, 0.3) is 11.2 Å². The van der Waals surface area contributed by atoms with E-state index in [9.17, 15) is 4.79 Å². The van der Waals surface area contributed by atoms with Crippen LogP contribution in [0.2, 0.25) is 0 Å². The van der Waals surface area contributed by atoms with Crippen LogP contribution in [0.1, 0.15) is 18.0 Å². The van der Waals surface area contributed by atoms with Crippen molar-refractivity contribution in [1.82, 2.24) is 24.8 Å². The van der Waals surface area contributed by atoms with Gasteiger partial charge in [0.25, 0.3) is 0 Å². The van der Waals surface area contributed by atoms with E-state index in [0.29, 0.717) is 11.6 Å². The lowest BCUT2D eigenvalue weighted by molar-refractivity contribution is 0.738. The number of aromatic amines is 1. The maximum Gasteiger partial charge on any atom is 0.327 e. The number of H-pyrrole nitrogens is 1. The largest absolute Gasteiger partial charge is 0.327 e. The van der Waals surface area contributed by atoms with Gasteiger partial charge in [-0.3, -0.25) is 4.57 Å². The van der Waals surface area contributed by atoms with E-state index < -0.39 is 0 Å². The highest BCUT2D eigenvalue weighted by Gasteiger charge is 2.22. The van der Waals surface area contributed by atoms with Gasteiger partial charge in [0, 0.05) is 19.5 Å². The number of hydrogen-bond donors (Lipinski definition) is 2. The molecule has 1 fully saturated rings. The fraction of sp³-hybridized carbons (Fsp3) is 0.500. The molecule has 3 rings (SSSR count). The third-order valence-corrected chi connectivity index (χ3v) is 3.16. The second-order valence-electron chi connectivity index (χ2n) is 4.14. The molecule has 1 aliphatic heterocycles. The Bertz CT molecular complexity index is 578. The molecule has 0 aliphatic carbocycles. The number of aromatic nitrogens is 4. The Hall–Kier alpha value is -1.69. The summed E-state index contributed by atoms with van der Waals surface area (Å²) in [6.45, 7) is 1.93. The van der Waals surface area contributed by atoms with E-state index in [1.54, 1.807) is 7.05 Å². The molecule has 0 aromatic carbocycles. The Kier molecular flexibility index (Phi) is 2.03. The molecular formula is C10H13N5O. The number of imidazole rings is 1. The Labute approximate surface area is 91.7 Å². The molecule has 1 atom stereocenters. The van der Waals surface area contributed by atoms with Crippen molar-refractivity contribution in [1.29, 1.82) is 0 Å². The number of fused-ring (bicyclic) bond motifs is 1. The molecule has 16 heavy (non-hydrogen) atoms. The molecule has 0 spiro atoms. The first-order valence-corrected chi connectivity index (χ1v) is 5.37. The van der Waals surface area contributed by atoms with Crippen LogP contribution < -0.4 is 11.0 Å². The van der Waals surface area contributed by atoms with E-state index >= 15 is 0 Å². The normalized spacial score (nSPS) is 20.7. The maximum absolute atomic E-state index is 11.5. The zero-order valence-electron chi connectivity index (χ0n) is 9.03. The summed E-state index contributed by atoms with van der Waals surface area (Å²) in [5.41, 5.74) is 2.28. The summed E-state index contributed by atoms with van der Waals surface area (Å²) < 4.78 is 1.52. The lowest BCUT2D eigenvalue weighted by atomic mass is 10.0. The average Bonchev–Trinajstić information content (AvgIpc) is 2.89. The van der Waals surface area contributed by atoms with E-state index in [2.05, 4.69) is 20.3 Å². The van der Waals surface area contributed by atoms with Gasteiger partial charge in [0.15, 0.2) is 5.65 Å². The first-order chi connectivity index (χ1) is 7.77. The predicted molar refractivity (Wildman–Crippen MR) is 59.4 cm³/mol. The monoisotopic (exact) mass is 219 g/mol. The van der Waals surface area contributed by atoms with Gasteiger partial charge in [0.05, 0.1) is 5.69 Å². The molecule has 84 valence electrons. The molecule has 1 unspecified atom stereocenters. The second-order valence-corrected chi connectivity index (χ2v) is 4.14. The van der Waals surface area contributed by atoms with Crippen molar-refractivity contribution in [3.05, 3.63) is 22.5 Å². The Morgan fingerprint density at radius 3 is 3.12 bits per heavy atom. The van der Waals surface area contributed by atoms with Gasteiger partial charge in [-0.05, 0) is 13.0 Å². The fourth-order valence-corrected chi connectivity index (χ4v) is 2.25. The average molecular weight is 219 g/mol. The zero-order chi connectivity index (χ0) is 11.1. The third kappa shape index (κ3) is 1.26. The summed E-state index contributed by atoms with van der Waals surface area (Å²) in [6.07, 6.45) is 2.59. The quantitative estimate of drug-likeness (QED) is 0.692. The smallest absolute Gasteiger partial charge is 0.316 e. The molecule has 0 bridgehead atoms. The van der Waals surface area contributed by atoms with Crippen LogP contribution in [0.4, 0.5) is 0 Å². The Morgan fingerprint density at radius 1 is 1.50 bits per heavy atom. The van der Waals surface area contributed by atoms with E-state index in [1.165, 1.54) is 10.9 Å². The summed E-state index contributed by atoms with van der Waals surface area (Å²) in [5.74, 6) is 0.378. The Morgan fingerprint density at radius 2 is 2.38 bits per heavy atom. The maximum atomic E-state index is 11.5. The SMILES string of the molecule is Cn1c(=O)[nH]c2c(C3CCNC3)ncnc21. The first kappa shape index (κ1) is 9.53. The molecule has 1 aliphatic rings. The molecule has 0 radical (unpaired) electrons. The van der Waals surface area contributed by atoms with Crippen molar-refractivity contribution < 1.29 is 0 Å². The van der Waals surface area contributed by atoms with Crippen molar-refractivity contribution in [3.8, 4) is 0 Å². The van der Waals surface area contributed by atoms with Crippen LogP contribution in [0.3, 0.4) is 0 Å². The van der Waals surface area contributed by atoms with E-state index in [0.717, 1.165) is 30.7 Å². The van der Waals surface area contributed by atoms with Gasteiger partial charge in [0.2, 0.25) is 0 Å². The highest BCUT2D eigenvalue weighted by Crippen LogP contribution is 2.24. The van der Waals surface area contributed by atoms with Crippen LogP contribution in [0, 0.1) is 0 Å². The summed E-state index contributed by atoms with van der Waals surface area (Å²) in [6, 6.07) is 0. The predicted octanol–water partition coefficient (Wildman–Crippen LogP) is -0.267. The van der Waals surface area contributed by atoms with E-state index in [1.807, 2.05) is 0 Å². The minimum Gasteiger partial charge on any atom is -0.316 e. The van der Waals surface area contributed by atoms with Gasteiger partial charge in [-0.1, -0.05) is 0 Å². The molecule has 2 N–H and O–H groups in total. The van der Waals surface area contributed by atoms with Crippen molar-refractivity contribution in [2.45, 2.75) is 12.3 Å². The topological polar surface area (TPSA) is 75.6 Å². The number of rotatable bonds is 1. The van der Waals surface area contributed by atoms with Gasteiger partial charge in [-0.2, -0.15) is 0 Å².